The van der Waals surface area contributed by atoms with Crippen molar-refractivity contribution >= 4 is 23.5 Å². The van der Waals surface area contributed by atoms with Crippen LogP contribution in [0.2, 0.25) is 0 Å². The molecule has 2 aromatic carbocycles. The monoisotopic (exact) mass is 424 g/mol. The van der Waals surface area contributed by atoms with E-state index in [9.17, 15) is 19.5 Å². The number of nitrogens with one attached hydrogen (secondary N) is 2. The van der Waals surface area contributed by atoms with Gasteiger partial charge in [-0.3, -0.25) is 14.4 Å². The van der Waals surface area contributed by atoms with Crippen LogP contribution in [-0.4, -0.2) is 28.9 Å². The highest BCUT2D eigenvalue weighted by molar-refractivity contribution is 5.98. The summed E-state index contributed by atoms with van der Waals surface area (Å²) in [4.78, 5) is 37.2. The van der Waals surface area contributed by atoms with E-state index in [1.807, 2.05) is 69.3 Å². The summed E-state index contributed by atoms with van der Waals surface area (Å²) in [5.74, 6) is -2.46. The molecule has 6 heteroatoms. The number of carboxylic acids is 1. The molecule has 0 radical (unpaired) electrons. The van der Waals surface area contributed by atoms with Gasteiger partial charge in [-0.1, -0.05) is 69.3 Å². The molecule has 2 rings (SSSR count). The van der Waals surface area contributed by atoms with E-state index < -0.39 is 29.3 Å². The number of hydrogen-bond donors (Lipinski definition) is 3. The number of anilines is 1. The molecule has 0 heterocycles. The highest BCUT2D eigenvalue weighted by Gasteiger charge is 2.35. The van der Waals surface area contributed by atoms with Gasteiger partial charge in [-0.15, -0.1) is 0 Å². The van der Waals surface area contributed by atoms with E-state index >= 15 is 0 Å². The zero-order valence-electron chi connectivity index (χ0n) is 18.4. The summed E-state index contributed by atoms with van der Waals surface area (Å²) in [7, 11) is 0. The molecular formula is C25H32N2O4. The smallest absolute Gasteiger partial charge is 0.304 e. The minimum Gasteiger partial charge on any atom is -0.481 e. The third kappa shape index (κ3) is 8.24. The van der Waals surface area contributed by atoms with Crippen LogP contribution in [0, 0.1) is 11.3 Å². The van der Waals surface area contributed by atoms with Crippen molar-refractivity contribution in [2.45, 2.75) is 52.5 Å². The summed E-state index contributed by atoms with van der Waals surface area (Å²) in [5, 5.41) is 14.9. The Morgan fingerprint density at radius 1 is 0.903 bits per heavy atom. The molecular weight excluding hydrogens is 392 g/mol. The number of carboxylic acid groups (broad SMARTS) is 1. The molecule has 2 atom stereocenters. The fraction of sp³-hybridized carbons (Fsp3) is 0.400. The second-order valence-electron chi connectivity index (χ2n) is 8.84. The van der Waals surface area contributed by atoms with E-state index in [1.54, 1.807) is 12.1 Å². The molecule has 0 aliphatic heterocycles. The molecule has 2 aromatic rings. The molecule has 0 aliphatic rings. The Bertz CT molecular complexity index is 860. The molecule has 0 saturated heterocycles. The lowest BCUT2D eigenvalue weighted by atomic mass is 9.85. The summed E-state index contributed by atoms with van der Waals surface area (Å²) in [6.45, 7) is 5.60. The largest absolute Gasteiger partial charge is 0.481 e. The Morgan fingerprint density at radius 2 is 1.48 bits per heavy atom. The van der Waals surface area contributed by atoms with Crippen LogP contribution in [0.3, 0.4) is 0 Å². The van der Waals surface area contributed by atoms with Crippen molar-refractivity contribution in [2.24, 2.45) is 11.3 Å². The van der Waals surface area contributed by atoms with Crippen molar-refractivity contribution < 1.29 is 19.5 Å². The van der Waals surface area contributed by atoms with Gasteiger partial charge < -0.3 is 15.7 Å². The van der Waals surface area contributed by atoms with Gasteiger partial charge in [0.25, 0.3) is 0 Å². The van der Waals surface area contributed by atoms with Crippen molar-refractivity contribution in [2.75, 3.05) is 5.32 Å². The van der Waals surface area contributed by atoms with E-state index in [4.69, 9.17) is 0 Å². The van der Waals surface area contributed by atoms with Crippen molar-refractivity contribution in [3.63, 3.8) is 0 Å². The maximum Gasteiger partial charge on any atom is 0.304 e. The van der Waals surface area contributed by atoms with Crippen LogP contribution in [0.25, 0.3) is 0 Å². The molecule has 0 fully saturated rings. The van der Waals surface area contributed by atoms with Crippen LogP contribution < -0.4 is 10.6 Å². The number of para-hydroxylation sites is 1. The summed E-state index contributed by atoms with van der Waals surface area (Å²) < 4.78 is 0. The van der Waals surface area contributed by atoms with Gasteiger partial charge in [-0.05, 0) is 42.4 Å². The normalized spacial score (nSPS) is 13.1. The predicted octanol–water partition coefficient (Wildman–Crippen LogP) is 4.27. The predicted molar refractivity (Wildman–Crippen MR) is 122 cm³/mol. The van der Waals surface area contributed by atoms with Crippen LogP contribution in [0.4, 0.5) is 5.69 Å². The minimum absolute atomic E-state index is 0.266. The lowest BCUT2D eigenvalue weighted by Crippen LogP contribution is -2.53. The van der Waals surface area contributed by atoms with Gasteiger partial charge >= 0.3 is 5.97 Å². The van der Waals surface area contributed by atoms with Crippen LogP contribution >= 0.6 is 0 Å². The van der Waals surface area contributed by atoms with Gasteiger partial charge in [-0.2, -0.15) is 0 Å². The molecule has 0 aliphatic carbocycles. The van der Waals surface area contributed by atoms with Crippen LogP contribution in [-0.2, 0) is 20.8 Å². The zero-order chi connectivity index (χ0) is 22.9. The standard InChI is InChI=1S/C25H32N2O4/c1-25(2,3)22(24(31)26-20-15-8-5-9-16-20)27-23(30)19(17-21(28)29)14-10-13-18-11-6-4-7-12-18/h4-9,11-12,15-16,19,22H,10,13-14,17H2,1-3H3,(H,26,31)(H,27,30)(H,28,29)/t19-,22-/m1/s1. The number of aryl methyl sites for hydroxylation is 1. The number of amides is 2. The summed E-state index contributed by atoms with van der Waals surface area (Å²) in [6.07, 6.45) is 1.62. The molecule has 166 valence electrons. The fourth-order valence-electron chi connectivity index (χ4n) is 3.41. The van der Waals surface area contributed by atoms with E-state index in [1.165, 1.54) is 0 Å². The van der Waals surface area contributed by atoms with Crippen LogP contribution in [0.5, 0.6) is 0 Å². The molecule has 0 bridgehead atoms. The third-order valence-electron chi connectivity index (χ3n) is 5.11. The maximum atomic E-state index is 13.0. The molecule has 0 aromatic heterocycles. The molecule has 6 nitrogen and oxygen atoms in total. The Morgan fingerprint density at radius 3 is 2.03 bits per heavy atom. The Kier molecular flexibility index (Phi) is 8.79. The van der Waals surface area contributed by atoms with Crippen LogP contribution in [0.1, 0.15) is 45.6 Å². The molecule has 0 saturated carbocycles. The summed E-state index contributed by atoms with van der Waals surface area (Å²) >= 11 is 0. The molecule has 0 spiro atoms. The van der Waals surface area contributed by atoms with Crippen molar-refractivity contribution in [1.29, 1.82) is 0 Å². The quantitative estimate of drug-likeness (QED) is 0.531. The number of carbonyl (C=O) groups is 3. The minimum atomic E-state index is -1.03. The number of benzene rings is 2. The Labute approximate surface area is 184 Å². The molecule has 0 unspecified atom stereocenters. The van der Waals surface area contributed by atoms with Gasteiger partial charge in [0.1, 0.15) is 6.04 Å². The van der Waals surface area contributed by atoms with Gasteiger partial charge in [0.05, 0.1) is 6.42 Å². The van der Waals surface area contributed by atoms with Gasteiger partial charge in [0.2, 0.25) is 11.8 Å². The zero-order valence-corrected chi connectivity index (χ0v) is 18.4. The van der Waals surface area contributed by atoms with Crippen LogP contribution in [0.15, 0.2) is 60.7 Å². The van der Waals surface area contributed by atoms with Gasteiger partial charge in [0.15, 0.2) is 0 Å². The first-order valence-electron chi connectivity index (χ1n) is 10.6. The number of rotatable bonds is 10. The van der Waals surface area contributed by atoms with E-state index in [2.05, 4.69) is 10.6 Å². The van der Waals surface area contributed by atoms with E-state index in [-0.39, 0.29) is 12.3 Å². The second kappa shape index (κ2) is 11.3. The highest BCUT2D eigenvalue weighted by Crippen LogP contribution is 2.23. The first-order valence-corrected chi connectivity index (χ1v) is 10.6. The lowest BCUT2D eigenvalue weighted by molar-refractivity contribution is -0.141. The lowest BCUT2D eigenvalue weighted by Gasteiger charge is -2.31. The number of aliphatic carboxylic acids is 1. The molecule has 3 N–H and O–H groups in total. The fourth-order valence-corrected chi connectivity index (χ4v) is 3.41. The number of carbonyl (C=O) groups excluding carboxylic acids is 2. The van der Waals surface area contributed by atoms with Gasteiger partial charge in [0, 0.05) is 11.6 Å². The second-order valence-corrected chi connectivity index (χ2v) is 8.84. The van der Waals surface area contributed by atoms with Crippen molar-refractivity contribution in [3.8, 4) is 0 Å². The average Bonchev–Trinajstić information content (AvgIpc) is 2.71. The molecule has 31 heavy (non-hydrogen) atoms. The van der Waals surface area contributed by atoms with Crippen molar-refractivity contribution in [1.82, 2.24) is 5.32 Å². The maximum absolute atomic E-state index is 13.0. The van der Waals surface area contributed by atoms with Gasteiger partial charge in [-0.25, -0.2) is 0 Å². The SMILES string of the molecule is CC(C)(C)[C@H](NC(=O)[C@H](CCCc1ccccc1)CC(=O)O)C(=O)Nc1ccccc1. The Hall–Kier alpha value is -3.15. The third-order valence-corrected chi connectivity index (χ3v) is 5.11. The Balaban J connectivity index is 2.05. The summed E-state index contributed by atoms with van der Waals surface area (Å²) in [6, 6.07) is 18.1. The van der Waals surface area contributed by atoms with E-state index in [0.717, 1.165) is 12.0 Å². The summed E-state index contributed by atoms with van der Waals surface area (Å²) in [5.41, 5.74) is 1.24. The average molecular weight is 425 g/mol. The first-order chi connectivity index (χ1) is 14.7. The van der Waals surface area contributed by atoms with Crippen molar-refractivity contribution in [3.05, 3.63) is 66.2 Å². The van der Waals surface area contributed by atoms with E-state index in [0.29, 0.717) is 18.5 Å². The molecule has 2 amide bonds. The number of hydrogen-bond acceptors (Lipinski definition) is 3. The highest BCUT2D eigenvalue weighted by atomic mass is 16.4. The first kappa shape index (κ1) is 24.1. The topological polar surface area (TPSA) is 95.5 Å².